The summed E-state index contributed by atoms with van der Waals surface area (Å²) in [6.07, 6.45) is 6.50. The van der Waals surface area contributed by atoms with Crippen LogP contribution in [0, 0.1) is 11.8 Å². The van der Waals surface area contributed by atoms with E-state index in [-0.39, 0.29) is 6.10 Å². The lowest BCUT2D eigenvalue weighted by atomic mass is 9.88. The minimum atomic E-state index is -0.103. The van der Waals surface area contributed by atoms with Crippen LogP contribution in [0.3, 0.4) is 0 Å². The van der Waals surface area contributed by atoms with Gasteiger partial charge in [-0.25, -0.2) is 0 Å². The van der Waals surface area contributed by atoms with Crippen molar-refractivity contribution < 1.29 is 4.74 Å². The third kappa shape index (κ3) is 3.59. The number of benzene rings is 1. The lowest BCUT2D eigenvalue weighted by Gasteiger charge is -2.22. The number of rotatable bonds is 3. The Labute approximate surface area is 116 Å². The molecule has 98 valence electrons. The molecule has 0 aliphatic heterocycles. The maximum Gasteiger partial charge on any atom is 0.139 e. The zero-order valence-corrected chi connectivity index (χ0v) is 11.5. The molecule has 1 nitrogen and oxygen atoms in total. The SMILES string of the molecule is C=CC1=C(C(C#Cc2ccccc2)OC)CCCC1. The molecule has 1 aromatic carbocycles. The molecule has 0 spiro atoms. The van der Waals surface area contributed by atoms with Gasteiger partial charge in [-0.2, -0.15) is 0 Å². The summed E-state index contributed by atoms with van der Waals surface area (Å²) in [6.45, 7) is 3.91. The molecule has 0 fully saturated rings. The Bertz CT molecular complexity index is 514. The van der Waals surface area contributed by atoms with Crippen molar-refractivity contribution in [3.05, 3.63) is 59.7 Å². The Hall–Kier alpha value is -1.78. The van der Waals surface area contributed by atoms with E-state index < -0.39 is 0 Å². The van der Waals surface area contributed by atoms with Gasteiger partial charge in [0.2, 0.25) is 0 Å². The van der Waals surface area contributed by atoms with Crippen molar-refractivity contribution in [2.24, 2.45) is 0 Å². The molecule has 1 unspecified atom stereocenters. The zero-order valence-electron chi connectivity index (χ0n) is 11.5. The minimum Gasteiger partial charge on any atom is -0.364 e. The van der Waals surface area contributed by atoms with Crippen LogP contribution in [0.5, 0.6) is 0 Å². The summed E-state index contributed by atoms with van der Waals surface area (Å²) in [5.41, 5.74) is 3.66. The van der Waals surface area contributed by atoms with Crippen LogP contribution in [0.1, 0.15) is 31.2 Å². The van der Waals surface area contributed by atoms with Crippen molar-refractivity contribution in [2.45, 2.75) is 31.8 Å². The van der Waals surface area contributed by atoms with Gasteiger partial charge >= 0.3 is 0 Å². The van der Waals surface area contributed by atoms with Gasteiger partial charge in [-0.1, -0.05) is 42.7 Å². The molecule has 1 aliphatic carbocycles. The van der Waals surface area contributed by atoms with Gasteiger partial charge in [0.05, 0.1) is 0 Å². The van der Waals surface area contributed by atoms with Crippen LogP contribution in [0.25, 0.3) is 0 Å². The van der Waals surface area contributed by atoms with Gasteiger partial charge in [-0.15, -0.1) is 0 Å². The van der Waals surface area contributed by atoms with Gasteiger partial charge in [0.1, 0.15) is 6.10 Å². The van der Waals surface area contributed by atoms with Crippen molar-refractivity contribution >= 4 is 0 Å². The van der Waals surface area contributed by atoms with Gasteiger partial charge in [0.15, 0.2) is 0 Å². The molecule has 0 amide bonds. The summed E-state index contributed by atoms with van der Waals surface area (Å²) in [7, 11) is 1.73. The second kappa shape index (κ2) is 6.97. The summed E-state index contributed by atoms with van der Waals surface area (Å²) >= 11 is 0. The average Bonchev–Trinajstić information content (AvgIpc) is 2.49. The molecule has 19 heavy (non-hydrogen) atoms. The lowest BCUT2D eigenvalue weighted by Crippen LogP contribution is -2.16. The molecule has 2 rings (SSSR count). The maximum atomic E-state index is 5.56. The predicted molar refractivity (Wildman–Crippen MR) is 79.8 cm³/mol. The molecule has 0 radical (unpaired) electrons. The highest BCUT2D eigenvalue weighted by atomic mass is 16.5. The van der Waals surface area contributed by atoms with Crippen LogP contribution in [0.15, 0.2) is 54.1 Å². The highest BCUT2D eigenvalue weighted by molar-refractivity contribution is 5.39. The monoisotopic (exact) mass is 252 g/mol. The molecule has 1 aromatic rings. The fraction of sp³-hybridized carbons (Fsp3) is 0.333. The first kappa shape index (κ1) is 13.6. The van der Waals surface area contributed by atoms with E-state index in [1.54, 1.807) is 7.11 Å². The lowest BCUT2D eigenvalue weighted by molar-refractivity contribution is 0.170. The standard InChI is InChI=1S/C18H20O/c1-3-16-11-7-8-12-17(16)18(19-2)14-13-15-9-5-4-6-10-15/h3-6,9-10,18H,1,7-8,11-12H2,2H3. The summed E-state index contributed by atoms with van der Waals surface area (Å²) in [5.74, 6) is 6.44. The van der Waals surface area contributed by atoms with Crippen LogP contribution < -0.4 is 0 Å². The first-order valence-corrected chi connectivity index (χ1v) is 6.79. The van der Waals surface area contributed by atoms with E-state index in [0.29, 0.717) is 0 Å². The quantitative estimate of drug-likeness (QED) is 0.736. The number of ether oxygens (including phenoxy) is 1. The van der Waals surface area contributed by atoms with Crippen molar-refractivity contribution in [1.29, 1.82) is 0 Å². The Kier molecular flexibility index (Phi) is 5.01. The third-order valence-electron chi connectivity index (χ3n) is 3.47. The van der Waals surface area contributed by atoms with Crippen LogP contribution in [0.4, 0.5) is 0 Å². The number of methoxy groups -OCH3 is 1. The van der Waals surface area contributed by atoms with Gasteiger partial charge < -0.3 is 4.74 Å². The Morgan fingerprint density at radius 2 is 1.95 bits per heavy atom. The molecule has 0 N–H and O–H groups in total. The largest absolute Gasteiger partial charge is 0.364 e. The normalized spacial score (nSPS) is 16.5. The molecule has 0 saturated heterocycles. The predicted octanol–water partition coefficient (Wildman–Crippen LogP) is 4.11. The molecule has 1 heteroatoms. The second-order valence-corrected chi connectivity index (χ2v) is 4.71. The highest BCUT2D eigenvalue weighted by Gasteiger charge is 2.17. The average molecular weight is 252 g/mol. The van der Waals surface area contributed by atoms with Crippen molar-refractivity contribution in [1.82, 2.24) is 0 Å². The van der Waals surface area contributed by atoms with Gasteiger partial charge in [-0.3, -0.25) is 0 Å². The van der Waals surface area contributed by atoms with E-state index in [4.69, 9.17) is 4.74 Å². The molecule has 1 aliphatic rings. The van der Waals surface area contributed by atoms with Gasteiger partial charge in [0.25, 0.3) is 0 Å². The van der Waals surface area contributed by atoms with E-state index in [9.17, 15) is 0 Å². The summed E-state index contributed by atoms with van der Waals surface area (Å²) in [6, 6.07) is 10.0. The molecule has 0 aromatic heterocycles. The molecule has 0 bridgehead atoms. The van der Waals surface area contributed by atoms with Crippen LogP contribution in [-0.4, -0.2) is 13.2 Å². The number of hydrogen-bond acceptors (Lipinski definition) is 1. The molecule has 0 heterocycles. The summed E-state index contributed by atoms with van der Waals surface area (Å²) < 4.78 is 5.56. The third-order valence-corrected chi connectivity index (χ3v) is 3.47. The maximum absolute atomic E-state index is 5.56. The van der Waals surface area contributed by atoms with E-state index >= 15 is 0 Å². The van der Waals surface area contributed by atoms with Crippen molar-refractivity contribution in [2.75, 3.05) is 7.11 Å². The summed E-state index contributed by atoms with van der Waals surface area (Å²) in [5, 5.41) is 0. The van der Waals surface area contributed by atoms with Gasteiger partial charge in [-0.05, 0) is 49.0 Å². The first-order chi connectivity index (χ1) is 9.35. The minimum absolute atomic E-state index is 0.103. The molecular formula is C18H20O. The fourth-order valence-corrected chi connectivity index (χ4v) is 2.44. The second-order valence-electron chi connectivity index (χ2n) is 4.71. The molecule has 0 saturated carbocycles. The van der Waals surface area contributed by atoms with Crippen LogP contribution >= 0.6 is 0 Å². The van der Waals surface area contributed by atoms with E-state index in [1.165, 1.54) is 24.0 Å². The van der Waals surface area contributed by atoms with E-state index in [2.05, 4.69) is 18.4 Å². The van der Waals surface area contributed by atoms with E-state index in [1.807, 2.05) is 36.4 Å². The number of allylic oxidation sites excluding steroid dienone is 2. The van der Waals surface area contributed by atoms with Crippen molar-refractivity contribution in [3.63, 3.8) is 0 Å². The van der Waals surface area contributed by atoms with E-state index in [0.717, 1.165) is 18.4 Å². The van der Waals surface area contributed by atoms with Crippen LogP contribution in [0.2, 0.25) is 0 Å². The fourth-order valence-electron chi connectivity index (χ4n) is 2.44. The zero-order chi connectivity index (χ0) is 13.5. The Morgan fingerprint density at radius 1 is 1.21 bits per heavy atom. The van der Waals surface area contributed by atoms with Gasteiger partial charge in [0, 0.05) is 12.7 Å². The summed E-state index contributed by atoms with van der Waals surface area (Å²) in [4.78, 5) is 0. The molecule has 1 atom stereocenters. The van der Waals surface area contributed by atoms with Crippen LogP contribution in [-0.2, 0) is 4.74 Å². The first-order valence-electron chi connectivity index (χ1n) is 6.79. The van der Waals surface area contributed by atoms with Crippen molar-refractivity contribution in [3.8, 4) is 11.8 Å². The molecular weight excluding hydrogens is 232 g/mol. The Balaban J connectivity index is 2.23. The topological polar surface area (TPSA) is 9.23 Å². The number of hydrogen-bond donors (Lipinski definition) is 0. The smallest absolute Gasteiger partial charge is 0.139 e. The Morgan fingerprint density at radius 3 is 2.63 bits per heavy atom. The highest BCUT2D eigenvalue weighted by Crippen LogP contribution is 2.28.